The van der Waals surface area contributed by atoms with Crippen LogP contribution < -0.4 is 0 Å². The summed E-state index contributed by atoms with van der Waals surface area (Å²) in [6.07, 6.45) is 2.23. The molecular formula is C17H26O2. The Morgan fingerprint density at radius 2 is 1.68 bits per heavy atom. The number of Topliss-reactive ketones (excluding diaryl/α,β-unsaturated/α-hetero) is 1. The summed E-state index contributed by atoms with van der Waals surface area (Å²) in [6.45, 7) is 10.4. The molecule has 106 valence electrons. The molecule has 0 aliphatic heterocycles. The second-order valence-electron chi connectivity index (χ2n) is 5.63. The van der Waals surface area contributed by atoms with Crippen molar-refractivity contribution < 1.29 is 9.90 Å². The van der Waals surface area contributed by atoms with Crippen LogP contribution in [0.3, 0.4) is 0 Å². The fourth-order valence-corrected chi connectivity index (χ4v) is 2.77. The fraction of sp³-hybridized carbons (Fsp3) is 0.588. The van der Waals surface area contributed by atoms with Crippen molar-refractivity contribution in [1.29, 1.82) is 0 Å². The first-order valence-electron chi connectivity index (χ1n) is 7.26. The topological polar surface area (TPSA) is 37.3 Å². The second kappa shape index (κ2) is 6.74. The van der Waals surface area contributed by atoms with Crippen molar-refractivity contribution in [2.24, 2.45) is 11.8 Å². The first-order valence-corrected chi connectivity index (χ1v) is 7.26. The summed E-state index contributed by atoms with van der Waals surface area (Å²) in [5, 5.41) is 9.76. The molecule has 1 rings (SSSR count). The van der Waals surface area contributed by atoms with Crippen molar-refractivity contribution in [2.45, 2.75) is 53.4 Å². The lowest BCUT2D eigenvalue weighted by Crippen LogP contribution is -2.17. The normalized spacial score (nSPS) is 15.8. The molecule has 2 atom stereocenters. The zero-order valence-electron chi connectivity index (χ0n) is 12.7. The van der Waals surface area contributed by atoms with Crippen LogP contribution >= 0.6 is 0 Å². The first kappa shape index (κ1) is 15.7. The number of rotatable bonds is 6. The number of carbonyl (C=O) groups is 1. The molecule has 1 aromatic carbocycles. The molecule has 2 nitrogen and oxygen atoms in total. The van der Waals surface area contributed by atoms with Crippen LogP contribution in [0.1, 0.15) is 69.3 Å². The van der Waals surface area contributed by atoms with Crippen LogP contribution in [0.4, 0.5) is 0 Å². The Morgan fingerprint density at radius 1 is 1.16 bits per heavy atom. The van der Waals surface area contributed by atoms with Crippen molar-refractivity contribution in [1.82, 2.24) is 0 Å². The summed E-state index contributed by atoms with van der Waals surface area (Å²) < 4.78 is 0. The van der Waals surface area contributed by atoms with Gasteiger partial charge in [-0.25, -0.2) is 0 Å². The first-order chi connectivity index (χ1) is 8.92. The Bertz CT molecular complexity index is 427. The molecule has 2 heteroatoms. The molecule has 0 saturated heterocycles. The molecule has 19 heavy (non-hydrogen) atoms. The molecule has 1 N–H and O–H groups in total. The quantitative estimate of drug-likeness (QED) is 0.750. The highest BCUT2D eigenvalue weighted by Gasteiger charge is 2.24. The molecule has 2 unspecified atom stereocenters. The van der Waals surface area contributed by atoms with Crippen molar-refractivity contribution in [2.75, 3.05) is 0 Å². The standard InChI is InChI=1S/C17H26O2/c1-6-11(3)17(12(4)7-2)14-8-9-16(19)15(10-14)13(5)18/h8-12,17,19H,6-7H2,1-5H3. The van der Waals surface area contributed by atoms with E-state index in [0.29, 0.717) is 23.3 Å². The molecule has 0 aromatic heterocycles. The SMILES string of the molecule is CCC(C)C(c1ccc(O)c(C(C)=O)c1)C(C)CC. The lowest BCUT2D eigenvalue weighted by atomic mass is 9.76. The van der Waals surface area contributed by atoms with Gasteiger partial charge >= 0.3 is 0 Å². The van der Waals surface area contributed by atoms with Crippen LogP contribution in [-0.2, 0) is 0 Å². The maximum Gasteiger partial charge on any atom is 0.163 e. The van der Waals surface area contributed by atoms with E-state index in [4.69, 9.17) is 0 Å². The highest BCUT2D eigenvalue weighted by Crippen LogP contribution is 2.37. The molecular weight excluding hydrogens is 236 g/mol. The van der Waals surface area contributed by atoms with Crippen LogP contribution in [0.5, 0.6) is 5.75 Å². The number of hydrogen-bond acceptors (Lipinski definition) is 2. The number of phenols is 1. The number of aromatic hydroxyl groups is 1. The molecule has 0 bridgehead atoms. The molecule has 0 heterocycles. The van der Waals surface area contributed by atoms with Crippen LogP contribution in [0.15, 0.2) is 18.2 Å². The van der Waals surface area contributed by atoms with Gasteiger partial charge in [-0.1, -0.05) is 46.6 Å². The highest BCUT2D eigenvalue weighted by atomic mass is 16.3. The van der Waals surface area contributed by atoms with Crippen molar-refractivity contribution >= 4 is 5.78 Å². The third-order valence-electron chi connectivity index (χ3n) is 4.30. The molecule has 1 aromatic rings. The van der Waals surface area contributed by atoms with Crippen LogP contribution in [0.2, 0.25) is 0 Å². The number of carbonyl (C=O) groups excluding carboxylic acids is 1. The van der Waals surface area contributed by atoms with Crippen LogP contribution in [0, 0.1) is 11.8 Å². The average Bonchev–Trinajstić information content (AvgIpc) is 2.39. The molecule has 0 aliphatic carbocycles. The van der Waals surface area contributed by atoms with E-state index < -0.39 is 0 Å². The van der Waals surface area contributed by atoms with Crippen molar-refractivity contribution in [3.05, 3.63) is 29.3 Å². The summed E-state index contributed by atoms with van der Waals surface area (Å²) in [5.74, 6) is 1.59. The average molecular weight is 262 g/mol. The van der Waals surface area contributed by atoms with Gasteiger partial charge in [0.1, 0.15) is 5.75 Å². The van der Waals surface area contributed by atoms with Gasteiger partial charge in [0.05, 0.1) is 5.56 Å². The smallest absolute Gasteiger partial charge is 0.163 e. The minimum Gasteiger partial charge on any atom is -0.507 e. The highest BCUT2D eigenvalue weighted by molar-refractivity contribution is 5.96. The van der Waals surface area contributed by atoms with Gasteiger partial charge in [0.15, 0.2) is 5.78 Å². The number of ketones is 1. The monoisotopic (exact) mass is 262 g/mol. The number of benzene rings is 1. The van der Waals surface area contributed by atoms with Gasteiger partial charge in [0.2, 0.25) is 0 Å². The Kier molecular flexibility index (Phi) is 5.59. The van der Waals surface area contributed by atoms with Crippen LogP contribution in [0.25, 0.3) is 0 Å². The molecule has 0 saturated carbocycles. The lowest BCUT2D eigenvalue weighted by Gasteiger charge is -2.29. The van der Waals surface area contributed by atoms with E-state index >= 15 is 0 Å². The van der Waals surface area contributed by atoms with Gasteiger partial charge in [0, 0.05) is 0 Å². The minimum atomic E-state index is -0.0774. The van der Waals surface area contributed by atoms with E-state index in [-0.39, 0.29) is 11.5 Å². The Morgan fingerprint density at radius 3 is 2.11 bits per heavy atom. The zero-order valence-corrected chi connectivity index (χ0v) is 12.7. The summed E-state index contributed by atoms with van der Waals surface area (Å²) >= 11 is 0. The Balaban J connectivity index is 3.23. The second-order valence-corrected chi connectivity index (χ2v) is 5.63. The summed E-state index contributed by atoms with van der Waals surface area (Å²) in [4.78, 5) is 11.6. The Hall–Kier alpha value is -1.31. The summed E-state index contributed by atoms with van der Waals surface area (Å²) in [6, 6.07) is 5.50. The predicted octanol–water partition coefficient (Wildman–Crippen LogP) is 4.77. The van der Waals surface area contributed by atoms with Crippen molar-refractivity contribution in [3.8, 4) is 5.75 Å². The van der Waals surface area contributed by atoms with Gasteiger partial charge in [-0.3, -0.25) is 4.79 Å². The van der Waals surface area contributed by atoms with Crippen LogP contribution in [-0.4, -0.2) is 10.9 Å². The largest absolute Gasteiger partial charge is 0.507 e. The van der Waals surface area contributed by atoms with E-state index in [0.717, 1.165) is 12.8 Å². The van der Waals surface area contributed by atoms with E-state index in [2.05, 4.69) is 27.7 Å². The van der Waals surface area contributed by atoms with E-state index in [1.807, 2.05) is 12.1 Å². The fourth-order valence-electron chi connectivity index (χ4n) is 2.77. The van der Waals surface area contributed by atoms with Gasteiger partial charge in [0.25, 0.3) is 0 Å². The van der Waals surface area contributed by atoms with Gasteiger partial charge in [-0.15, -0.1) is 0 Å². The Labute approximate surface area is 116 Å². The predicted molar refractivity (Wildman–Crippen MR) is 79.8 cm³/mol. The summed E-state index contributed by atoms with van der Waals surface area (Å²) in [5.41, 5.74) is 1.61. The van der Waals surface area contributed by atoms with Gasteiger partial charge in [-0.2, -0.15) is 0 Å². The summed E-state index contributed by atoms with van der Waals surface area (Å²) in [7, 11) is 0. The molecule has 0 aliphatic rings. The van der Waals surface area contributed by atoms with E-state index in [1.165, 1.54) is 12.5 Å². The third-order valence-corrected chi connectivity index (χ3v) is 4.30. The van der Waals surface area contributed by atoms with E-state index in [9.17, 15) is 9.90 Å². The van der Waals surface area contributed by atoms with E-state index in [1.54, 1.807) is 6.07 Å². The number of hydrogen-bond donors (Lipinski definition) is 1. The minimum absolute atomic E-state index is 0.0774. The van der Waals surface area contributed by atoms with Gasteiger partial charge < -0.3 is 5.11 Å². The molecule has 0 amide bonds. The molecule has 0 spiro atoms. The number of phenolic OH excluding ortho intramolecular Hbond substituents is 1. The molecule has 0 radical (unpaired) electrons. The third kappa shape index (κ3) is 3.59. The van der Waals surface area contributed by atoms with Gasteiger partial charge in [-0.05, 0) is 42.4 Å². The maximum absolute atomic E-state index is 11.6. The lowest BCUT2D eigenvalue weighted by molar-refractivity contribution is 0.101. The van der Waals surface area contributed by atoms with Crippen molar-refractivity contribution in [3.63, 3.8) is 0 Å². The molecule has 0 fully saturated rings. The zero-order chi connectivity index (χ0) is 14.6. The maximum atomic E-state index is 11.6.